The maximum atomic E-state index is 12.3. The van der Waals surface area contributed by atoms with Crippen molar-refractivity contribution in [1.29, 1.82) is 0 Å². The number of aromatic nitrogens is 2. The number of amides is 1. The van der Waals surface area contributed by atoms with Gasteiger partial charge in [0.1, 0.15) is 0 Å². The van der Waals surface area contributed by atoms with Gasteiger partial charge in [0.25, 0.3) is 0 Å². The van der Waals surface area contributed by atoms with E-state index in [1.807, 2.05) is 16.9 Å². The van der Waals surface area contributed by atoms with Gasteiger partial charge in [0.05, 0.1) is 0 Å². The van der Waals surface area contributed by atoms with Crippen molar-refractivity contribution in [3.63, 3.8) is 0 Å². The van der Waals surface area contributed by atoms with E-state index in [1.54, 1.807) is 6.20 Å². The summed E-state index contributed by atoms with van der Waals surface area (Å²) in [7, 11) is 0. The lowest BCUT2D eigenvalue weighted by molar-refractivity contribution is -0.127. The highest BCUT2D eigenvalue weighted by molar-refractivity contribution is 5.79. The molecule has 21 heavy (non-hydrogen) atoms. The summed E-state index contributed by atoms with van der Waals surface area (Å²) < 4.78 is 1.91. The predicted molar refractivity (Wildman–Crippen MR) is 83.9 cm³/mol. The molecule has 5 heteroatoms. The maximum Gasteiger partial charge on any atom is 0.223 e. The maximum absolute atomic E-state index is 12.3. The lowest BCUT2D eigenvalue weighted by atomic mass is 9.95. The van der Waals surface area contributed by atoms with Crippen LogP contribution in [0.4, 0.5) is 0 Å². The van der Waals surface area contributed by atoms with E-state index in [9.17, 15) is 4.79 Å². The molecule has 1 N–H and O–H groups in total. The van der Waals surface area contributed by atoms with Crippen molar-refractivity contribution >= 4 is 5.91 Å². The lowest BCUT2D eigenvalue weighted by Gasteiger charge is -2.34. The summed E-state index contributed by atoms with van der Waals surface area (Å²) >= 11 is 0. The van der Waals surface area contributed by atoms with Gasteiger partial charge >= 0.3 is 0 Å². The third kappa shape index (κ3) is 4.84. The van der Waals surface area contributed by atoms with E-state index in [0.717, 1.165) is 38.9 Å². The molecule has 1 aliphatic heterocycles. The van der Waals surface area contributed by atoms with Gasteiger partial charge in [0.2, 0.25) is 5.91 Å². The molecule has 1 amide bonds. The van der Waals surface area contributed by atoms with Crippen molar-refractivity contribution in [2.24, 2.45) is 5.92 Å². The summed E-state index contributed by atoms with van der Waals surface area (Å²) in [4.78, 5) is 14.7. The highest BCUT2D eigenvalue weighted by atomic mass is 16.1. The Balaban J connectivity index is 1.69. The fraction of sp³-hybridized carbons (Fsp3) is 0.750. The van der Waals surface area contributed by atoms with E-state index in [-0.39, 0.29) is 17.9 Å². The molecule has 1 saturated heterocycles. The Morgan fingerprint density at radius 1 is 1.33 bits per heavy atom. The summed E-state index contributed by atoms with van der Waals surface area (Å²) in [6.07, 6.45) is 6.62. The zero-order valence-electron chi connectivity index (χ0n) is 13.5. The van der Waals surface area contributed by atoms with Gasteiger partial charge in [0, 0.05) is 36.9 Å². The molecule has 118 valence electrons. The van der Waals surface area contributed by atoms with Crippen LogP contribution in [0.1, 0.15) is 40.0 Å². The number of aryl methyl sites for hydroxylation is 1. The van der Waals surface area contributed by atoms with Crippen LogP contribution in [-0.4, -0.2) is 45.8 Å². The summed E-state index contributed by atoms with van der Waals surface area (Å²) in [5.41, 5.74) is 0. The molecule has 5 nitrogen and oxygen atoms in total. The summed E-state index contributed by atoms with van der Waals surface area (Å²) in [5.74, 6) is 0.415. The van der Waals surface area contributed by atoms with Gasteiger partial charge in [-0.15, -0.1) is 0 Å². The summed E-state index contributed by atoms with van der Waals surface area (Å²) in [5, 5.41) is 7.34. The molecule has 0 unspecified atom stereocenters. The first-order chi connectivity index (χ1) is 10.1. The van der Waals surface area contributed by atoms with Gasteiger partial charge in [-0.3, -0.25) is 9.48 Å². The number of hydrogen-bond acceptors (Lipinski definition) is 3. The number of carbonyl (C=O) groups excluding carboxylic acids is 1. The van der Waals surface area contributed by atoms with Crippen molar-refractivity contribution in [2.75, 3.05) is 13.1 Å². The van der Waals surface area contributed by atoms with Crippen molar-refractivity contribution in [3.05, 3.63) is 18.5 Å². The molecule has 1 aromatic heterocycles. The lowest BCUT2D eigenvalue weighted by Crippen LogP contribution is -2.45. The van der Waals surface area contributed by atoms with Crippen LogP contribution in [0.3, 0.4) is 0 Å². The molecule has 0 spiro atoms. The van der Waals surface area contributed by atoms with Gasteiger partial charge < -0.3 is 10.2 Å². The smallest absolute Gasteiger partial charge is 0.223 e. The molecule has 0 bridgehead atoms. The van der Waals surface area contributed by atoms with Crippen molar-refractivity contribution in [2.45, 2.75) is 58.7 Å². The molecule has 0 aromatic carbocycles. The van der Waals surface area contributed by atoms with Crippen molar-refractivity contribution in [1.82, 2.24) is 20.0 Å². The van der Waals surface area contributed by atoms with Gasteiger partial charge in [-0.1, -0.05) is 0 Å². The third-order valence-corrected chi connectivity index (χ3v) is 4.37. The van der Waals surface area contributed by atoms with Crippen molar-refractivity contribution < 1.29 is 4.79 Å². The molecule has 1 aromatic rings. The predicted octanol–water partition coefficient (Wildman–Crippen LogP) is 1.90. The third-order valence-electron chi connectivity index (χ3n) is 4.37. The second kappa shape index (κ2) is 7.59. The van der Waals surface area contributed by atoms with E-state index < -0.39 is 0 Å². The van der Waals surface area contributed by atoms with Crippen LogP contribution >= 0.6 is 0 Å². The van der Waals surface area contributed by atoms with Gasteiger partial charge in [0.15, 0.2) is 0 Å². The first-order valence-corrected chi connectivity index (χ1v) is 8.08. The largest absolute Gasteiger partial charge is 0.353 e. The molecule has 1 aliphatic rings. The topological polar surface area (TPSA) is 50.2 Å². The molecule has 0 saturated carbocycles. The van der Waals surface area contributed by atoms with Crippen LogP contribution in [0.2, 0.25) is 0 Å². The average Bonchev–Trinajstić information content (AvgIpc) is 2.98. The molecule has 2 heterocycles. The summed E-state index contributed by atoms with van der Waals surface area (Å²) in [6, 6.07) is 2.71. The molecule has 2 rings (SSSR count). The van der Waals surface area contributed by atoms with Crippen LogP contribution in [0.25, 0.3) is 0 Å². The fourth-order valence-corrected chi connectivity index (χ4v) is 2.87. The summed E-state index contributed by atoms with van der Waals surface area (Å²) in [6.45, 7) is 9.44. The minimum absolute atomic E-state index is 0.187. The highest BCUT2D eigenvalue weighted by Gasteiger charge is 2.26. The SMILES string of the molecule is CC(C)N1CCC(C(=O)N[C@@H](C)CCn2cccn2)CC1. The van der Waals surface area contributed by atoms with Crippen LogP contribution < -0.4 is 5.32 Å². The van der Waals surface area contributed by atoms with Gasteiger partial charge in [-0.2, -0.15) is 5.10 Å². The quantitative estimate of drug-likeness (QED) is 0.871. The van der Waals surface area contributed by atoms with Crippen LogP contribution in [0, 0.1) is 5.92 Å². The second-order valence-corrected chi connectivity index (χ2v) is 6.37. The fourth-order valence-electron chi connectivity index (χ4n) is 2.87. The Kier molecular flexibility index (Phi) is 5.79. The normalized spacial score (nSPS) is 18.9. The number of carbonyl (C=O) groups is 1. The van der Waals surface area contributed by atoms with Crippen LogP contribution in [0.5, 0.6) is 0 Å². The Hall–Kier alpha value is -1.36. The van der Waals surface area contributed by atoms with E-state index in [0.29, 0.717) is 6.04 Å². The minimum Gasteiger partial charge on any atom is -0.353 e. The molecule has 0 aliphatic carbocycles. The zero-order valence-corrected chi connectivity index (χ0v) is 13.5. The first-order valence-electron chi connectivity index (χ1n) is 8.08. The average molecular weight is 292 g/mol. The Morgan fingerprint density at radius 2 is 2.05 bits per heavy atom. The zero-order chi connectivity index (χ0) is 15.2. The van der Waals surface area contributed by atoms with Crippen LogP contribution in [0.15, 0.2) is 18.5 Å². The molecular formula is C16H28N4O. The van der Waals surface area contributed by atoms with Gasteiger partial charge in [-0.25, -0.2) is 0 Å². The van der Waals surface area contributed by atoms with E-state index >= 15 is 0 Å². The first kappa shape index (κ1) is 16.0. The second-order valence-electron chi connectivity index (χ2n) is 6.37. The number of piperidine rings is 1. The molecule has 0 radical (unpaired) electrons. The number of rotatable bonds is 6. The number of nitrogens with zero attached hydrogens (tertiary/aromatic N) is 3. The van der Waals surface area contributed by atoms with E-state index in [4.69, 9.17) is 0 Å². The molecule has 1 atom stereocenters. The molecular weight excluding hydrogens is 264 g/mol. The Bertz CT molecular complexity index is 421. The Morgan fingerprint density at radius 3 is 2.62 bits per heavy atom. The Labute approximate surface area is 127 Å². The highest BCUT2D eigenvalue weighted by Crippen LogP contribution is 2.19. The monoisotopic (exact) mass is 292 g/mol. The number of likely N-dealkylation sites (tertiary alicyclic amines) is 1. The number of nitrogens with one attached hydrogen (secondary N) is 1. The van der Waals surface area contributed by atoms with Crippen LogP contribution in [-0.2, 0) is 11.3 Å². The standard InChI is InChI=1S/C16H28N4O/c1-13(2)19-10-6-15(7-11-19)16(21)18-14(3)5-12-20-9-4-8-17-20/h4,8-9,13-15H,5-7,10-12H2,1-3H3,(H,18,21)/t14-/m0/s1. The van der Waals surface area contributed by atoms with Crippen molar-refractivity contribution in [3.8, 4) is 0 Å². The van der Waals surface area contributed by atoms with E-state index in [1.165, 1.54) is 0 Å². The van der Waals surface area contributed by atoms with E-state index in [2.05, 4.69) is 36.1 Å². The number of hydrogen-bond donors (Lipinski definition) is 1. The van der Waals surface area contributed by atoms with Gasteiger partial charge in [-0.05, 0) is 59.2 Å². The molecule has 1 fully saturated rings. The minimum atomic E-state index is 0.187.